The minimum atomic E-state index is 0.185. The van der Waals surface area contributed by atoms with Crippen LogP contribution >= 0.6 is 0 Å². The minimum absolute atomic E-state index is 0.185. The molecule has 0 amide bonds. The predicted molar refractivity (Wildman–Crippen MR) is 82.7 cm³/mol. The monoisotopic (exact) mass is 262 g/mol. The van der Waals surface area contributed by atoms with Crippen LogP contribution in [0.4, 0.5) is 0 Å². The van der Waals surface area contributed by atoms with Crippen molar-refractivity contribution in [3.8, 4) is 11.8 Å². The smallest absolute Gasteiger partial charge is 0.164 e. The summed E-state index contributed by atoms with van der Waals surface area (Å²) in [5.74, 6) is 6.41. The second-order valence-corrected chi connectivity index (χ2v) is 4.69. The highest BCUT2D eigenvalue weighted by Gasteiger charge is 2.08. The van der Waals surface area contributed by atoms with Crippen molar-refractivity contribution in [2.45, 2.75) is 26.2 Å². The molecule has 0 saturated carbocycles. The molecule has 0 atom stereocenters. The van der Waals surface area contributed by atoms with Gasteiger partial charge >= 0.3 is 0 Å². The fraction of sp³-hybridized carbons (Fsp3) is 0.211. The van der Waals surface area contributed by atoms with E-state index in [2.05, 4.69) is 18.8 Å². The summed E-state index contributed by atoms with van der Waals surface area (Å²) < 4.78 is 0. The van der Waals surface area contributed by atoms with Gasteiger partial charge in [0.1, 0.15) is 0 Å². The number of benzene rings is 2. The van der Waals surface area contributed by atoms with E-state index in [1.807, 2.05) is 54.6 Å². The number of hydrogen-bond acceptors (Lipinski definition) is 1. The van der Waals surface area contributed by atoms with Gasteiger partial charge < -0.3 is 0 Å². The van der Waals surface area contributed by atoms with Crippen molar-refractivity contribution in [2.75, 3.05) is 0 Å². The number of Topliss-reactive ketones (excluding diaryl/α,β-unsaturated/α-hetero) is 1. The molecule has 0 bridgehead atoms. The Bertz CT molecular complexity index is 630. The van der Waals surface area contributed by atoms with E-state index in [1.165, 1.54) is 0 Å². The molecule has 2 aromatic carbocycles. The molecule has 0 heterocycles. The zero-order valence-corrected chi connectivity index (χ0v) is 11.7. The zero-order valence-electron chi connectivity index (χ0n) is 11.7. The number of carbonyl (C=O) groups is 1. The molecular formula is C19H18O. The first-order valence-corrected chi connectivity index (χ1v) is 7.00. The van der Waals surface area contributed by atoms with E-state index < -0.39 is 0 Å². The molecular weight excluding hydrogens is 244 g/mol. The highest BCUT2D eigenvalue weighted by Crippen LogP contribution is 2.12. The van der Waals surface area contributed by atoms with Gasteiger partial charge in [-0.25, -0.2) is 0 Å². The summed E-state index contributed by atoms with van der Waals surface area (Å²) in [5, 5.41) is 0. The first-order valence-electron chi connectivity index (χ1n) is 7.00. The lowest BCUT2D eigenvalue weighted by atomic mass is 10.00. The van der Waals surface area contributed by atoms with Gasteiger partial charge in [0.15, 0.2) is 5.78 Å². The third kappa shape index (κ3) is 3.83. The number of carbonyl (C=O) groups excluding carboxylic acids is 1. The lowest BCUT2D eigenvalue weighted by Gasteiger charge is -2.02. The number of unbranched alkanes of at least 4 members (excludes halogenated alkanes) is 1. The second-order valence-electron chi connectivity index (χ2n) is 4.69. The Morgan fingerprint density at radius 3 is 2.40 bits per heavy atom. The summed E-state index contributed by atoms with van der Waals surface area (Å²) in [5.41, 5.74) is 2.52. The Hall–Kier alpha value is -2.33. The van der Waals surface area contributed by atoms with E-state index in [9.17, 15) is 4.79 Å². The molecule has 100 valence electrons. The molecule has 0 aliphatic rings. The van der Waals surface area contributed by atoms with Gasteiger partial charge in [-0.15, -0.1) is 0 Å². The fourth-order valence-electron chi connectivity index (χ4n) is 1.97. The average molecular weight is 262 g/mol. The zero-order chi connectivity index (χ0) is 14.2. The molecule has 1 heteroatoms. The first-order chi connectivity index (χ1) is 9.81. The van der Waals surface area contributed by atoms with Crippen LogP contribution in [0.5, 0.6) is 0 Å². The van der Waals surface area contributed by atoms with Gasteiger partial charge in [-0.3, -0.25) is 4.79 Å². The molecule has 20 heavy (non-hydrogen) atoms. The Kier molecular flexibility index (Phi) is 5.15. The van der Waals surface area contributed by atoms with Gasteiger partial charge in [-0.05, 0) is 24.6 Å². The normalized spacial score (nSPS) is 9.65. The van der Waals surface area contributed by atoms with Crippen LogP contribution in [0, 0.1) is 11.8 Å². The summed E-state index contributed by atoms with van der Waals surface area (Å²) in [6.07, 6.45) is 2.56. The molecule has 0 radical (unpaired) electrons. The molecule has 2 aromatic rings. The topological polar surface area (TPSA) is 17.1 Å². The Morgan fingerprint density at radius 2 is 1.65 bits per heavy atom. The molecule has 0 saturated heterocycles. The Balaban J connectivity index is 2.25. The van der Waals surface area contributed by atoms with Gasteiger partial charge in [-0.2, -0.15) is 0 Å². The summed E-state index contributed by atoms with van der Waals surface area (Å²) in [4.78, 5) is 12.2. The summed E-state index contributed by atoms with van der Waals surface area (Å²) in [6.45, 7) is 2.09. The van der Waals surface area contributed by atoms with Gasteiger partial charge in [0, 0.05) is 23.1 Å². The Morgan fingerprint density at radius 1 is 0.950 bits per heavy atom. The van der Waals surface area contributed by atoms with E-state index >= 15 is 0 Å². The molecule has 0 N–H and O–H groups in total. The van der Waals surface area contributed by atoms with Crippen molar-refractivity contribution in [1.82, 2.24) is 0 Å². The van der Waals surface area contributed by atoms with Crippen molar-refractivity contribution in [3.63, 3.8) is 0 Å². The molecule has 0 aromatic heterocycles. The maximum Gasteiger partial charge on any atom is 0.164 e. The quantitative estimate of drug-likeness (QED) is 0.587. The van der Waals surface area contributed by atoms with E-state index in [0.29, 0.717) is 6.42 Å². The highest BCUT2D eigenvalue weighted by molar-refractivity contribution is 5.98. The van der Waals surface area contributed by atoms with Crippen LogP contribution in [0.3, 0.4) is 0 Å². The summed E-state index contributed by atoms with van der Waals surface area (Å²) in [7, 11) is 0. The predicted octanol–water partition coefficient (Wildman–Crippen LogP) is 4.46. The van der Waals surface area contributed by atoms with E-state index in [-0.39, 0.29) is 5.78 Å². The van der Waals surface area contributed by atoms with Crippen LogP contribution in [-0.4, -0.2) is 5.78 Å². The van der Waals surface area contributed by atoms with Crippen molar-refractivity contribution >= 4 is 5.78 Å². The third-order valence-electron chi connectivity index (χ3n) is 3.10. The van der Waals surface area contributed by atoms with Crippen molar-refractivity contribution in [2.24, 2.45) is 0 Å². The molecule has 0 aliphatic carbocycles. The van der Waals surface area contributed by atoms with Crippen molar-refractivity contribution in [3.05, 3.63) is 71.3 Å². The minimum Gasteiger partial charge on any atom is -0.294 e. The highest BCUT2D eigenvalue weighted by atomic mass is 16.1. The molecule has 2 rings (SSSR count). The largest absolute Gasteiger partial charge is 0.294 e. The molecule has 0 aliphatic heterocycles. The first kappa shape index (κ1) is 14.1. The van der Waals surface area contributed by atoms with E-state index in [0.717, 1.165) is 29.5 Å². The van der Waals surface area contributed by atoms with Gasteiger partial charge in [0.25, 0.3) is 0 Å². The molecule has 0 unspecified atom stereocenters. The maximum atomic E-state index is 12.2. The fourth-order valence-corrected chi connectivity index (χ4v) is 1.97. The van der Waals surface area contributed by atoms with E-state index in [1.54, 1.807) is 0 Å². The standard InChI is InChI=1S/C19H18O/c1-2-3-13-19(20)18-12-8-7-11-17(18)15-14-16-9-5-4-6-10-16/h4-12H,2-3,13H2,1H3. The maximum absolute atomic E-state index is 12.2. The SMILES string of the molecule is CCCCC(=O)c1ccccc1C#Cc1ccccc1. The van der Waals surface area contributed by atoms with Crippen LogP contribution in [-0.2, 0) is 0 Å². The van der Waals surface area contributed by atoms with Crippen molar-refractivity contribution < 1.29 is 4.79 Å². The number of hydrogen-bond donors (Lipinski definition) is 0. The van der Waals surface area contributed by atoms with Crippen LogP contribution in [0.25, 0.3) is 0 Å². The number of ketones is 1. The molecule has 0 fully saturated rings. The van der Waals surface area contributed by atoms with Crippen LogP contribution in [0.15, 0.2) is 54.6 Å². The Labute approximate surface area is 120 Å². The third-order valence-corrected chi connectivity index (χ3v) is 3.10. The van der Waals surface area contributed by atoms with Gasteiger partial charge in [0.05, 0.1) is 0 Å². The van der Waals surface area contributed by atoms with Gasteiger partial charge in [0.2, 0.25) is 0 Å². The van der Waals surface area contributed by atoms with Gasteiger partial charge in [-0.1, -0.05) is 61.6 Å². The average Bonchev–Trinajstić information content (AvgIpc) is 2.52. The van der Waals surface area contributed by atoms with Crippen LogP contribution < -0.4 is 0 Å². The lowest BCUT2D eigenvalue weighted by Crippen LogP contribution is -2.01. The summed E-state index contributed by atoms with van der Waals surface area (Å²) in [6, 6.07) is 17.4. The molecule has 1 nitrogen and oxygen atoms in total. The second kappa shape index (κ2) is 7.31. The van der Waals surface area contributed by atoms with Crippen LogP contribution in [0.2, 0.25) is 0 Å². The lowest BCUT2D eigenvalue weighted by molar-refractivity contribution is 0.0979. The van der Waals surface area contributed by atoms with E-state index in [4.69, 9.17) is 0 Å². The number of rotatable bonds is 4. The van der Waals surface area contributed by atoms with Crippen LogP contribution in [0.1, 0.15) is 47.7 Å². The molecule has 0 spiro atoms. The van der Waals surface area contributed by atoms with Crippen molar-refractivity contribution in [1.29, 1.82) is 0 Å². The summed E-state index contributed by atoms with van der Waals surface area (Å²) >= 11 is 0.